The Morgan fingerprint density at radius 3 is 2.66 bits per heavy atom. The zero-order valence-electron chi connectivity index (χ0n) is 21.3. The van der Waals surface area contributed by atoms with Crippen LogP contribution in [0.15, 0.2) is 71.9 Å². The van der Waals surface area contributed by atoms with Gasteiger partial charge in [0.2, 0.25) is 5.91 Å². The highest BCUT2D eigenvalue weighted by Crippen LogP contribution is 2.25. The number of carbonyl (C=O) groups excluding carboxylic acids is 2. The van der Waals surface area contributed by atoms with Crippen molar-refractivity contribution in [2.45, 2.75) is 49.9 Å². The molecular formula is C27H32N4O5S2. The summed E-state index contributed by atoms with van der Waals surface area (Å²) in [6, 6.07) is 12.5. The number of pyridine rings is 1. The van der Waals surface area contributed by atoms with Crippen molar-refractivity contribution in [1.29, 1.82) is 0 Å². The van der Waals surface area contributed by atoms with Crippen LogP contribution in [0.25, 0.3) is 10.1 Å². The highest BCUT2D eigenvalue weighted by molar-refractivity contribution is 7.89. The molecule has 0 aliphatic carbocycles. The lowest BCUT2D eigenvalue weighted by molar-refractivity contribution is -0.124. The van der Waals surface area contributed by atoms with E-state index in [0.29, 0.717) is 17.7 Å². The van der Waals surface area contributed by atoms with E-state index in [4.69, 9.17) is 0 Å². The van der Waals surface area contributed by atoms with Gasteiger partial charge in [-0.3, -0.25) is 9.59 Å². The standard InChI is InChI=1S/C27H32N4O5S2/c1-18(2)15-21(30-27(34)24-16-19-9-3-4-11-23(19)37-24)26(33)29-20-10-6-8-14-31(17-22(20)32)38(35,36)25-12-5-7-13-28-25/h3-7,9-13,16,18,20-22,32H,8,14-15,17H2,1-2H3,(H,29,33)(H,30,34)/b10-6-/t20?,21-,22?/m0/s1. The molecule has 202 valence electrons. The minimum absolute atomic E-state index is 0.0988. The highest BCUT2D eigenvalue weighted by atomic mass is 32.2. The molecule has 1 aliphatic rings. The van der Waals surface area contributed by atoms with E-state index in [1.807, 2.05) is 38.1 Å². The normalized spacial score (nSPS) is 20.4. The SMILES string of the molecule is CC(C)C[C@H](NC(=O)c1cc2ccccc2s1)C(=O)NC1/C=C\CCN(S(=O)(=O)c2ccccn2)CC1O. The molecule has 3 heterocycles. The van der Waals surface area contributed by atoms with Crippen LogP contribution in [0.3, 0.4) is 0 Å². The smallest absolute Gasteiger partial charge is 0.262 e. The quantitative estimate of drug-likeness (QED) is 0.366. The van der Waals surface area contributed by atoms with Crippen LogP contribution in [-0.2, 0) is 14.8 Å². The van der Waals surface area contributed by atoms with Gasteiger partial charge in [0.05, 0.1) is 17.0 Å². The summed E-state index contributed by atoms with van der Waals surface area (Å²) in [6.45, 7) is 3.87. The van der Waals surface area contributed by atoms with Crippen molar-refractivity contribution in [3.05, 3.63) is 71.8 Å². The number of thiophene rings is 1. The first-order valence-electron chi connectivity index (χ1n) is 12.5. The number of hydrogen-bond donors (Lipinski definition) is 3. The molecule has 1 aromatic carbocycles. The van der Waals surface area contributed by atoms with E-state index in [1.165, 1.54) is 27.9 Å². The summed E-state index contributed by atoms with van der Waals surface area (Å²) in [4.78, 5) is 30.8. The number of rotatable bonds is 8. The van der Waals surface area contributed by atoms with Crippen LogP contribution in [0, 0.1) is 5.92 Å². The average molecular weight is 557 g/mol. The van der Waals surface area contributed by atoms with E-state index in [-0.39, 0.29) is 29.9 Å². The van der Waals surface area contributed by atoms with Gasteiger partial charge in [0.1, 0.15) is 6.04 Å². The molecule has 0 radical (unpaired) electrons. The predicted octanol–water partition coefficient (Wildman–Crippen LogP) is 2.94. The molecular weight excluding hydrogens is 524 g/mol. The Balaban J connectivity index is 1.47. The molecule has 0 bridgehead atoms. The van der Waals surface area contributed by atoms with Crippen molar-refractivity contribution in [1.82, 2.24) is 19.9 Å². The summed E-state index contributed by atoms with van der Waals surface area (Å²) in [6.07, 6.45) is 4.41. The highest BCUT2D eigenvalue weighted by Gasteiger charge is 2.33. The number of nitrogens with one attached hydrogen (secondary N) is 2. The third-order valence-electron chi connectivity index (χ3n) is 6.22. The minimum atomic E-state index is -3.92. The Kier molecular flexibility index (Phi) is 8.93. The number of β-amino-alcohol motifs (C(OH)–C–C–N with tert-alkyl or cyclic N) is 1. The fourth-order valence-electron chi connectivity index (χ4n) is 4.29. The predicted molar refractivity (Wildman–Crippen MR) is 147 cm³/mol. The second kappa shape index (κ2) is 12.2. The maximum atomic E-state index is 13.3. The van der Waals surface area contributed by atoms with Gasteiger partial charge in [0.25, 0.3) is 15.9 Å². The number of aromatic nitrogens is 1. The Morgan fingerprint density at radius 1 is 1.18 bits per heavy atom. The van der Waals surface area contributed by atoms with E-state index in [9.17, 15) is 23.1 Å². The first-order chi connectivity index (χ1) is 18.1. The van der Waals surface area contributed by atoms with Gasteiger partial charge >= 0.3 is 0 Å². The number of sulfonamides is 1. The van der Waals surface area contributed by atoms with Gasteiger partial charge in [-0.1, -0.05) is 50.3 Å². The molecule has 9 nitrogen and oxygen atoms in total. The third-order valence-corrected chi connectivity index (χ3v) is 9.12. The van der Waals surface area contributed by atoms with Gasteiger partial charge in [-0.05, 0) is 48.4 Å². The van der Waals surface area contributed by atoms with Gasteiger partial charge in [0.15, 0.2) is 5.03 Å². The van der Waals surface area contributed by atoms with Crippen LogP contribution in [0.5, 0.6) is 0 Å². The monoisotopic (exact) mass is 556 g/mol. The Hall–Kier alpha value is -3.12. The van der Waals surface area contributed by atoms with Crippen molar-refractivity contribution in [3.63, 3.8) is 0 Å². The zero-order valence-corrected chi connectivity index (χ0v) is 22.9. The summed E-state index contributed by atoms with van der Waals surface area (Å²) in [5.74, 6) is -0.666. The lowest BCUT2D eigenvalue weighted by Gasteiger charge is -2.30. The molecule has 0 saturated heterocycles. The summed E-state index contributed by atoms with van der Waals surface area (Å²) in [5, 5.41) is 17.5. The molecule has 4 rings (SSSR count). The van der Waals surface area contributed by atoms with Crippen LogP contribution in [0.4, 0.5) is 0 Å². The molecule has 3 atom stereocenters. The van der Waals surface area contributed by atoms with Crippen LogP contribution in [0.1, 0.15) is 36.4 Å². The number of benzene rings is 1. The van der Waals surface area contributed by atoms with Crippen molar-refractivity contribution in [2.75, 3.05) is 13.1 Å². The summed E-state index contributed by atoms with van der Waals surface area (Å²) in [5.41, 5.74) is 0. The zero-order chi connectivity index (χ0) is 27.3. The van der Waals surface area contributed by atoms with Crippen LogP contribution >= 0.6 is 11.3 Å². The molecule has 3 aromatic rings. The number of fused-ring (bicyclic) bond motifs is 1. The number of aliphatic hydroxyl groups excluding tert-OH is 1. The van der Waals surface area contributed by atoms with Gasteiger partial charge in [-0.25, -0.2) is 13.4 Å². The Morgan fingerprint density at radius 2 is 1.95 bits per heavy atom. The third kappa shape index (κ3) is 6.65. The van der Waals surface area contributed by atoms with Crippen LogP contribution in [0.2, 0.25) is 0 Å². The number of hydrogen-bond acceptors (Lipinski definition) is 7. The fourth-order valence-corrected chi connectivity index (χ4v) is 6.66. The first-order valence-corrected chi connectivity index (χ1v) is 14.8. The summed E-state index contributed by atoms with van der Waals surface area (Å²) in [7, 11) is -3.92. The number of amides is 2. The van der Waals surface area contributed by atoms with Crippen molar-refractivity contribution >= 4 is 43.3 Å². The second-order valence-electron chi connectivity index (χ2n) is 9.65. The molecule has 2 unspecified atom stereocenters. The minimum Gasteiger partial charge on any atom is -0.389 e. The molecule has 2 aromatic heterocycles. The maximum absolute atomic E-state index is 13.3. The lowest BCUT2D eigenvalue weighted by atomic mass is 10.0. The van der Waals surface area contributed by atoms with Crippen molar-refractivity contribution in [3.8, 4) is 0 Å². The first kappa shape index (κ1) is 27.9. The molecule has 2 amide bonds. The second-order valence-corrected chi connectivity index (χ2v) is 12.6. The van der Waals surface area contributed by atoms with E-state index in [0.717, 1.165) is 10.1 Å². The van der Waals surface area contributed by atoms with E-state index >= 15 is 0 Å². The van der Waals surface area contributed by atoms with Crippen LogP contribution in [-0.4, -0.2) is 65.9 Å². The molecule has 3 N–H and O–H groups in total. The van der Waals surface area contributed by atoms with E-state index in [2.05, 4.69) is 15.6 Å². The number of aliphatic hydroxyl groups is 1. The lowest BCUT2D eigenvalue weighted by Crippen LogP contribution is -2.54. The molecule has 38 heavy (non-hydrogen) atoms. The van der Waals surface area contributed by atoms with Gasteiger partial charge in [0, 0.05) is 24.0 Å². The Labute approximate surface area is 226 Å². The molecule has 1 aliphatic heterocycles. The summed E-state index contributed by atoms with van der Waals surface area (Å²) >= 11 is 1.36. The number of nitrogens with zero attached hydrogens (tertiary/aromatic N) is 2. The van der Waals surface area contributed by atoms with E-state index in [1.54, 1.807) is 30.4 Å². The van der Waals surface area contributed by atoms with Gasteiger partial charge in [-0.2, -0.15) is 4.31 Å². The largest absolute Gasteiger partial charge is 0.389 e. The molecule has 11 heteroatoms. The van der Waals surface area contributed by atoms with Gasteiger partial charge < -0.3 is 15.7 Å². The van der Waals surface area contributed by atoms with Crippen LogP contribution < -0.4 is 10.6 Å². The Bertz CT molecular complexity index is 1370. The molecule has 0 saturated carbocycles. The maximum Gasteiger partial charge on any atom is 0.262 e. The molecule has 0 fully saturated rings. The molecule has 0 spiro atoms. The van der Waals surface area contributed by atoms with E-state index < -0.39 is 34.1 Å². The van der Waals surface area contributed by atoms with Gasteiger partial charge in [-0.15, -0.1) is 11.3 Å². The van der Waals surface area contributed by atoms with Crippen molar-refractivity contribution in [2.24, 2.45) is 5.92 Å². The topological polar surface area (TPSA) is 129 Å². The van der Waals surface area contributed by atoms with Crippen molar-refractivity contribution < 1.29 is 23.1 Å². The average Bonchev–Trinajstić information content (AvgIpc) is 3.32. The summed E-state index contributed by atoms with van der Waals surface area (Å²) < 4.78 is 28.3. The number of carbonyl (C=O) groups is 2. The fraction of sp³-hybridized carbons (Fsp3) is 0.370.